The van der Waals surface area contributed by atoms with Gasteiger partial charge in [-0.05, 0) is 25.7 Å². The number of carbonyl (C=O) groups is 1. The number of nitrogens with one attached hydrogen (secondary N) is 1. The van der Waals surface area contributed by atoms with E-state index in [1.165, 1.54) is 6.42 Å². The Kier molecular flexibility index (Phi) is 5.06. The van der Waals surface area contributed by atoms with Gasteiger partial charge >= 0.3 is 0 Å². The van der Waals surface area contributed by atoms with Crippen LogP contribution in [0.15, 0.2) is 12.3 Å². The number of amides is 1. The molecule has 6 nitrogen and oxygen atoms in total. The summed E-state index contributed by atoms with van der Waals surface area (Å²) in [5, 5.41) is 0.741. The highest BCUT2D eigenvalue weighted by molar-refractivity contribution is 6.10. The topological polar surface area (TPSA) is 63.8 Å². The van der Waals surface area contributed by atoms with Gasteiger partial charge in [0.1, 0.15) is 0 Å². The van der Waals surface area contributed by atoms with Gasteiger partial charge in [0.05, 0.1) is 37.8 Å². The number of hydrogen-bond acceptors (Lipinski definition) is 4. The van der Waals surface area contributed by atoms with Crippen molar-refractivity contribution >= 4 is 16.8 Å². The molecule has 2 heterocycles. The molecule has 2 aromatic rings. The van der Waals surface area contributed by atoms with Gasteiger partial charge in [0.25, 0.3) is 5.91 Å². The molecule has 0 radical (unpaired) electrons. The molecule has 0 spiro atoms. The van der Waals surface area contributed by atoms with Crippen LogP contribution in [0.4, 0.5) is 0 Å². The summed E-state index contributed by atoms with van der Waals surface area (Å²) in [7, 11) is 4.73. The zero-order chi connectivity index (χ0) is 18.0. The number of likely N-dealkylation sites (tertiary alicyclic amines) is 1. The van der Waals surface area contributed by atoms with Crippen molar-refractivity contribution < 1.29 is 19.0 Å². The molecule has 6 heteroatoms. The van der Waals surface area contributed by atoms with Crippen LogP contribution in [-0.4, -0.2) is 49.7 Å². The van der Waals surface area contributed by atoms with Crippen molar-refractivity contribution in [2.75, 3.05) is 27.9 Å². The van der Waals surface area contributed by atoms with Gasteiger partial charge < -0.3 is 24.1 Å². The molecule has 1 amide bonds. The number of piperidine rings is 1. The maximum absolute atomic E-state index is 13.2. The number of methoxy groups -OCH3 is 3. The largest absolute Gasteiger partial charge is 0.493 e. The molecular formula is C19H26N2O4. The van der Waals surface area contributed by atoms with E-state index in [9.17, 15) is 4.79 Å². The lowest BCUT2D eigenvalue weighted by atomic mass is 9.98. The number of benzene rings is 1. The van der Waals surface area contributed by atoms with E-state index in [0.29, 0.717) is 28.9 Å². The fourth-order valence-electron chi connectivity index (χ4n) is 3.78. The summed E-state index contributed by atoms with van der Waals surface area (Å²) < 4.78 is 16.4. The molecule has 1 aromatic carbocycles. The van der Waals surface area contributed by atoms with E-state index in [0.717, 1.165) is 36.7 Å². The molecule has 1 saturated heterocycles. The first-order valence-electron chi connectivity index (χ1n) is 8.77. The van der Waals surface area contributed by atoms with Gasteiger partial charge in [-0.1, -0.05) is 6.92 Å². The zero-order valence-electron chi connectivity index (χ0n) is 15.3. The molecule has 3 rings (SSSR count). The highest BCUT2D eigenvalue weighted by Gasteiger charge is 2.30. The van der Waals surface area contributed by atoms with Crippen LogP contribution in [-0.2, 0) is 0 Å². The SMILES string of the molecule is CCC1CCCCN1C(=O)c1c[nH]c2cc(OC)c(OC)c(OC)c12. The average Bonchev–Trinajstić information content (AvgIpc) is 3.09. The van der Waals surface area contributed by atoms with Crippen molar-refractivity contribution in [1.82, 2.24) is 9.88 Å². The van der Waals surface area contributed by atoms with E-state index < -0.39 is 0 Å². The number of H-pyrrole nitrogens is 1. The summed E-state index contributed by atoms with van der Waals surface area (Å²) >= 11 is 0. The molecule has 1 aromatic heterocycles. The molecule has 0 saturated carbocycles. The van der Waals surface area contributed by atoms with Gasteiger partial charge in [-0.3, -0.25) is 4.79 Å². The van der Waals surface area contributed by atoms with E-state index in [1.54, 1.807) is 27.5 Å². The number of carbonyl (C=O) groups excluding carboxylic acids is 1. The van der Waals surface area contributed by atoms with Gasteiger partial charge in [0.2, 0.25) is 5.75 Å². The number of aromatic nitrogens is 1. The zero-order valence-corrected chi connectivity index (χ0v) is 15.3. The molecule has 1 fully saturated rings. The predicted molar refractivity (Wildman–Crippen MR) is 96.9 cm³/mol. The van der Waals surface area contributed by atoms with Gasteiger partial charge in [0.15, 0.2) is 11.5 Å². The molecule has 1 unspecified atom stereocenters. The monoisotopic (exact) mass is 346 g/mol. The van der Waals surface area contributed by atoms with Crippen molar-refractivity contribution in [2.45, 2.75) is 38.6 Å². The molecular weight excluding hydrogens is 320 g/mol. The van der Waals surface area contributed by atoms with Crippen LogP contribution in [0.2, 0.25) is 0 Å². The van der Waals surface area contributed by atoms with Gasteiger partial charge in [0, 0.05) is 24.8 Å². The van der Waals surface area contributed by atoms with E-state index in [-0.39, 0.29) is 5.91 Å². The Bertz CT molecular complexity index is 768. The van der Waals surface area contributed by atoms with Crippen LogP contribution in [0.25, 0.3) is 10.9 Å². The fraction of sp³-hybridized carbons (Fsp3) is 0.526. The number of aromatic amines is 1. The first kappa shape index (κ1) is 17.5. The standard InChI is InChI=1S/C19H26N2O4/c1-5-12-8-6-7-9-21(12)19(22)13-11-20-14-10-15(23-2)17(24-3)18(25-4)16(13)14/h10-12,20H,5-9H2,1-4H3. The Morgan fingerprint density at radius 2 is 1.96 bits per heavy atom. The molecule has 1 aliphatic heterocycles. The van der Waals surface area contributed by atoms with Crippen LogP contribution < -0.4 is 14.2 Å². The quantitative estimate of drug-likeness (QED) is 0.898. The van der Waals surface area contributed by atoms with E-state index in [2.05, 4.69) is 11.9 Å². The minimum absolute atomic E-state index is 0.0447. The number of fused-ring (bicyclic) bond motifs is 1. The normalized spacial score (nSPS) is 17.6. The second-order valence-corrected chi connectivity index (χ2v) is 6.33. The average molecular weight is 346 g/mol. The van der Waals surface area contributed by atoms with Crippen LogP contribution in [0.3, 0.4) is 0 Å². The third kappa shape index (κ3) is 2.90. The maximum Gasteiger partial charge on any atom is 0.256 e. The first-order chi connectivity index (χ1) is 12.2. The highest BCUT2D eigenvalue weighted by atomic mass is 16.5. The Hall–Kier alpha value is -2.37. The molecule has 0 bridgehead atoms. The fourth-order valence-corrected chi connectivity index (χ4v) is 3.78. The molecule has 136 valence electrons. The summed E-state index contributed by atoms with van der Waals surface area (Å²) in [6, 6.07) is 2.14. The van der Waals surface area contributed by atoms with E-state index in [4.69, 9.17) is 14.2 Å². The van der Waals surface area contributed by atoms with Gasteiger partial charge in [-0.25, -0.2) is 0 Å². The maximum atomic E-state index is 13.2. The van der Waals surface area contributed by atoms with E-state index in [1.807, 2.05) is 11.0 Å². The Balaban J connectivity index is 2.12. The smallest absolute Gasteiger partial charge is 0.256 e. The summed E-state index contributed by atoms with van der Waals surface area (Å²) in [6.45, 7) is 2.94. The molecule has 0 aliphatic carbocycles. The summed E-state index contributed by atoms with van der Waals surface area (Å²) in [5.74, 6) is 1.63. The number of nitrogens with zero attached hydrogens (tertiary/aromatic N) is 1. The van der Waals surface area contributed by atoms with Gasteiger partial charge in [-0.15, -0.1) is 0 Å². The Morgan fingerprint density at radius 3 is 2.60 bits per heavy atom. The van der Waals surface area contributed by atoms with Crippen LogP contribution >= 0.6 is 0 Å². The summed E-state index contributed by atoms with van der Waals surface area (Å²) in [6.07, 6.45) is 6.04. The lowest BCUT2D eigenvalue weighted by Crippen LogP contribution is -2.43. The second-order valence-electron chi connectivity index (χ2n) is 6.33. The Morgan fingerprint density at radius 1 is 1.20 bits per heavy atom. The minimum Gasteiger partial charge on any atom is -0.493 e. The van der Waals surface area contributed by atoms with Crippen LogP contribution in [0, 0.1) is 0 Å². The van der Waals surface area contributed by atoms with Crippen molar-refractivity contribution in [2.24, 2.45) is 0 Å². The summed E-state index contributed by atoms with van der Waals surface area (Å²) in [4.78, 5) is 18.4. The van der Waals surface area contributed by atoms with Gasteiger partial charge in [-0.2, -0.15) is 0 Å². The summed E-state index contributed by atoms with van der Waals surface area (Å²) in [5.41, 5.74) is 1.41. The van der Waals surface area contributed by atoms with Crippen LogP contribution in [0.1, 0.15) is 43.0 Å². The van der Waals surface area contributed by atoms with Crippen molar-refractivity contribution in [1.29, 1.82) is 0 Å². The molecule has 1 atom stereocenters. The lowest BCUT2D eigenvalue weighted by molar-refractivity contribution is 0.0610. The van der Waals surface area contributed by atoms with Crippen molar-refractivity contribution in [3.63, 3.8) is 0 Å². The van der Waals surface area contributed by atoms with Crippen LogP contribution in [0.5, 0.6) is 17.2 Å². The van der Waals surface area contributed by atoms with Crippen molar-refractivity contribution in [3.8, 4) is 17.2 Å². The highest BCUT2D eigenvalue weighted by Crippen LogP contribution is 2.44. The van der Waals surface area contributed by atoms with E-state index >= 15 is 0 Å². The molecule has 1 N–H and O–H groups in total. The number of hydrogen-bond donors (Lipinski definition) is 1. The number of rotatable bonds is 5. The molecule has 1 aliphatic rings. The predicted octanol–water partition coefficient (Wildman–Crippen LogP) is 3.60. The number of ether oxygens (including phenoxy) is 3. The lowest BCUT2D eigenvalue weighted by Gasteiger charge is -2.35. The Labute approximate surface area is 148 Å². The third-order valence-electron chi connectivity index (χ3n) is 5.06. The minimum atomic E-state index is 0.0447. The second kappa shape index (κ2) is 7.25. The molecule has 25 heavy (non-hydrogen) atoms. The first-order valence-corrected chi connectivity index (χ1v) is 8.77. The third-order valence-corrected chi connectivity index (χ3v) is 5.06. The van der Waals surface area contributed by atoms with Crippen molar-refractivity contribution in [3.05, 3.63) is 17.8 Å².